The van der Waals surface area contributed by atoms with E-state index in [0.717, 1.165) is 5.92 Å². The first-order chi connectivity index (χ1) is 6.22. The Morgan fingerprint density at radius 3 is 2.92 bits per heavy atom. The SMILES string of the molecule is Cc1cccc2c1C1(C)CCC1C2. The zero-order valence-electron chi connectivity index (χ0n) is 8.43. The van der Waals surface area contributed by atoms with Gasteiger partial charge in [0.2, 0.25) is 0 Å². The minimum atomic E-state index is 0.556. The Labute approximate surface area is 80.0 Å². The van der Waals surface area contributed by atoms with Gasteiger partial charge in [0.25, 0.3) is 0 Å². The van der Waals surface area contributed by atoms with E-state index in [1.54, 1.807) is 11.1 Å². The van der Waals surface area contributed by atoms with E-state index in [2.05, 4.69) is 32.0 Å². The molecule has 1 aromatic rings. The predicted octanol–water partition coefficient (Wildman–Crippen LogP) is 3.22. The lowest BCUT2D eigenvalue weighted by atomic mass is 9.61. The van der Waals surface area contributed by atoms with Crippen LogP contribution in [0.2, 0.25) is 0 Å². The van der Waals surface area contributed by atoms with Crippen LogP contribution in [0.3, 0.4) is 0 Å². The number of rotatable bonds is 0. The average molecular weight is 172 g/mol. The Kier molecular flexibility index (Phi) is 1.27. The quantitative estimate of drug-likeness (QED) is 0.563. The maximum Gasteiger partial charge on any atom is -0.00384 e. The minimum Gasteiger partial charge on any atom is -0.0617 e. The van der Waals surface area contributed by atoms with Crippen molar-refractivity contribution in [1.29, 1.82) is 0 Å². The van der Waals surface area contributed by atoms with Gasteiger partial charge in [-0.25, -0.2) is 0 Å². The van der Waals surface area contributed by atoms with E-state index in [0.29, 0.717) is 5.41 Å². The molecule has 0 amide bonds. The Hall–Kier alpha value is -0.780. The summed E-state index contributed by atoms with van der Waals surface area (Å²) in [6.07, 6.45) is 4.20. The van der Waals surface area contributed by atoms with Gasteiger partial charge in [0.05, 0.1) is 0 Å². The van der Waals surface area contributed by atoms with Crippen LogP contribution in [0, 0.1) is 12.8 Å². The molecule has 1 saturated carbocycles. The molecule has 2 aliphatic rings. The van der Waals surface area contributed by atoms with E-state index >= 15 is 0 Å². The molecule has 0 bridgehead atoms. The van der Waals surface area contributed by atoms with Crippen LogP contribution < -0.4 is 0 Å². The van der Waals surface area contributed by atoms with Crippen molar-refractivity contribution in [3.8, 4) is 0 Å². The molecule has 68 valence electrons. The smallest absolute Gasteiger partial charge is 0.00384 e. The molecular weight excluding hydrogens is 156 g/mol. The molecule has 0 radical (unpaired) electrons. The summed E-state index contributed by atoms with van der Waals surface area (Å²) in [6.45, 7) is 4.73. The van der Waals surface area contributed by atoms with Crippen LogP contribution in [-0.4, -0.2) is 0 Å². The van der Waals surface area contributed by atoms with Crippen LogP contribution in [0.5, 0.6) is 0 Å². The van der Waals surface area contributed by atoms with E-state index < -0.39 is 0 Å². The maximum atomic E-state index is 2.46. The van der Waals surface area contributed by atoms with Crippen molar-refractivity contribution in [3.63, 3.8) is 0 Å². The second kappa shape index (κ2) is 2.17. The van der Waals surface area contributed by atoms with Gasteiger partial charge in [-0.2, -0.15) is 0 Å². The van der Waals surface area contributed by atoms with Gasteiger partial charge in [-0.15, -0.1) is 0 Å². The third-order valence-electron chi connectivity index (χ3n) is 4.31. The molecule has 0 N–H and O–H groups in total. The van der Waals surface area contributed by atoms with Crippen LogP contribution >= 0.6 is 0 Å². The van der Waals surface area contributed by atoms with E-state index in [4.69, 9.17) is 0 Å². The summed E-state index contributed by atoms with van der Waals surface area (Å²) in [6, 6.07) is 6.80. The highest BCUT2D eigenvalue weighted by Gasteiger charge is 2.49. The van der Waals surface area contributed by atoms with Crippen molar-refractivity contribution < 1.29 is 0 Å². The topological polar surface area (TPSA) is 0 Å². The first-order valence-corrected chi connectivity index (χ1v) is 5.31. The van der Waals surface area contributed by atoms with Gasteiger partial charge in [0.1, 0.15) is 0 Å². The lowest BCUT2D eigenvalue weighted by Gasteiger charge is -2.43. The largest absolute Gasteiger partial charge is 0.0617 e. The molecule has 2 unspecified atom stereocenters. The van der Waals surface area contributed by atoms with Gasteiger partial charge < -0.3 is 0 Å². The molecule has 0 saturated heterocycles. The lowest BCUT2D eigenvalue weighted by Crippen LogP contribution is -2.38. The second-order valence-electron chi connectivity index (χ2n) is 4.97. The fourth-order valence-corrected chi connectivity index (χ4v) is 3.42. The Bertz CT molecular complexity index is 364. The molecule has 0 aliphatic heterocycles. The first-order valence-electron chi connectivity index (χ1n) is 5.31. The number of benzene rings is 1. The van der Waals surface area contributed by atoms with Gasteiger partial charge in [-0.1, -0.05) is 25.1 Å². The number of fused-ring (bicyclic) bond motifs is 3. The number of aryl methyl sites for hydroxylation is 1. The summed E-state index contributed by atoms with van der Waals surface area (Å²) in [5.74, 6) is 0.962. The third kappa shape index (κ3) is 0.769. The summed E-state index contributed by atoms with van der Waals surface area (Å²) in [5, 5.41) is 0. The van der Waals surface area contributed by atoms with Crippen molar-refractivity contribution in [1.82, 2.24) is 0 Å². The third-order valence-corrected chi connectivity index (χ3v) is 4.31. The lowest BCUT2D eigenvalue weighted by molar-refractivity contribution is 0.163. The molecule has 0 heteroatoms. The monoisotopic (exact) mass is 172 g/mol. The van der Waals surface area contributed by atoms with E-state index in [1.807, 2.05) is 0 Å². The fraction of sp³-hybridized carbons (Fsp3) is 0.538. The van der Waals surface area contributed by atoms with Gasteiger partial charge in [0.15, 0.2) is 0 Å². The predicted molar refractivity (Wildman–Crippen MR) is 55.0 cm³/mol. The highest BCUT2D eigenvalue weighted by atomic mass is 14.5. The minimum absolute atomic E-state index is 0.556. The molecule has 1 aromatic carbocycles. The zero-order chi connectivity index (χ0) is 9.05. The van der Waals surface area contributed by atoms with Crippen LogP contribution in [0.15, 0.2) is 18.2 Å². The van der Waals surface area contributed by atoms with Crippen molar-refractivity contribution in [3.05, 3.63) is 34.9 Å². The van der Waals surface area contributed by atoms with Crippen molar-refractivity contribution in [2.24, 2.45) is 5.92 Å². The normalized spacial score (nSPS) is 35.1. The maximum absolute atomic E-state index is 2.46. The molecular formula is C13H16. The van der Waals surface area contributed by atoms with Gasteiger partial charge in [0, 0.05) is 0 Å². The van der Waals surface area contributed by atoms with Gasteiger partial charge in [-0.05, 0) is 54.2 Å². The molecule has 13 heavy (non-hydrogen) atoms. The fourth-order valence-electron chi connectivity index (χ4n) is 3.42. The second-order valence-corrected chi connectivity index (χ2v) is 4.97. The summed E-state index contributed by atoms with van der Waals surface area (Å²) in [7, 11) is 0. The van der Waals surface area contributed by atoms with Crippen molar-refractivity contribution >= 4 is 0 Å². The summed E-state index contributed by atoms with van der Waals surface area (Å²) in [5.41, 5.74) is 5.39. The summed E-state index contributed by atoms with van der Waals surface area (Å²) >= 11 is 0. The van der Waals surface area contributed by atoms with E-state index in [-0.39, 0.29) is 0 Å². The van der Waals surface area contributed by atoms with Crippen LogP contribution in [0.25, 0.3) is 0 Å². The van der Waals surface area contributed by atoms with E-state index in [1.165, 1.54) is 24.8 Å². The molecule has 3 rings (SSSR count). The van der Waals surface area contributed by atoms with Crippen molar-refractivity contribution in [2.45, 2.75) is 38.5 Å². The van der Waals surface area contributed by atoms with Gasteiger partial charge in [-0.3, -0.25) is 0 Å². The zero-order valence-corrected chi connectivity index (χ0v) is 8.43. The summed E-state index contributed by atoms with van der Waals surface area (Å²) in [4.78, 5) is 0. The average Bonchev–Trinajstić information content (AvgIpc) is 2.29. The van der Waals surface area contributed by atoms with E-state index in [9.17, 15) is 0 Å². The Balaban J connectivity index is 2.24. The standard InChI is InChI=1S/C13H16/c1-9-4-3-5-10-8-11-6-7-13(11,2)12(9)10/h3-5,11H,6-8H2,1-2H3. The molecule has 0 aromatic heterocycles. The van der Waals surface area contributed by atoms with Crippen LogP contribution in [0.1, 0.15) is 36.5 Å². The Morgan fingerprint density at radius 1 is 1.38 bits per heavy atom. The van der Waals surface area contributed by atoms with Crippen LogP contribution in [-0.2, 0) is 11.8 Å². The first kappa shape index (κ1) is 7.61. The number of hydrogen-bond donors (Lipinski definition) is 0. The molecule has 0 nitrogen and oxygen atoms in total. The molecule has 2 aliphatic carbocycles. The molecule has 0 spiro atoms. The Morgan fingerprint density at radius 2 is 2.23 bits per heavy atom. The highest BCUT2D eigenvalue weighted by molar-refractivity contribution is 5.47. The van der Waals surface area contributed by atoms with Crippen molar-refractivity contribution in [2.75, 3.05) is 0 Å². The highest BCUT2D eigenvalue weighted by Crippen LogP contribution is 2.56. The molecule has 2 atom stereocenters. The summed E-state index contributed by atoms with van der Waals surface area (Å²) < 4.78 is 0. The van der Waals surface area contributed by atoms with Gasteiger partial charge >= 0.3 is 0 Å². The molecule has 0 heterocycles. The van der Waals surface area contributed by atoms with Crippen LogP contribution in [0.4, 0.5) is 0 Å². The molecule has 1 fully saturated rings. The number of hydrogen-bond acceptors (Lipinski definition) is 0.